The van der Waals surface area contributed by atoms with Crippen molar-refractivity contribution in [3.05, 3.63) is 0 Å². The summed E-state index contributed by atoms with van der Waals surface area (Å²) in [5.74, 6) is -0.265. The Labute approximate surface area is 125 Å². The van der Waals surface area contributed by atoms with E-state index in [0.29, 0.717) is 6.54 Å². The Hall–Kier alpha value is -0.750. The van der Waals surface area contributed by atoms with Crippen LogP contribution < -0.4 is 5.32 Å². The van der Waals surface area contributed by atoms with Crippen molar-refractivity contribution in [2.45, 2.75) is 64.8 Å². The van der Waals surface area contributed by atoms with E-state index >= 15 is 0 Å². The second-order valence-corrected chi connectivity index (χ2v) is 6.48. The zero-order chi connectivity index (χ0) is 15.3. The van der Waals surface area contributed by atoms with Gasteiger partial charge in [-0.25, -0.2) is 0 Å². The van der Waals surface area contributed by atoms with Crippen molar-refractivity contribution in [2.75, 3.05) is 6.54 Å². The van der Waals surface area contributed by atoms with E-state index in [0.717, 1.165) is 37.7 Å². The number of nitrogens with zero attached hydrogens (tertiary/aromatic N) is 1. The molecule has 1 fully saturated rings. The summed E-state index contributed by atoms with van der Waals surface area (Å²) in [5.41, 5.74) is -0.268. The average Bonchev–Trinajstić information content (AvgIpc) is 2.91. The first-order chi connectivity index (χ1) is 9.39. The van der Waals surface area contributed by atoms with Gasteiger partial charge < -0.3 is 14.8 Å². The Morgan fingerprint density at radius 3 is 2.50 bits per heavy atom. The SMILES string of the molecule is CCC(C)(CC)[C@H](NC(C)=O)C(=O)N1CCC[C@H]1SO. The zero-order valence-electron chi connectivity index (χ0n) is 12.8. The molecular formula is C14H26N2O3S. The van der Waals surface area contributed by atoms with E-state index in [-0.39, 0.29) is 22.6 Å². The van der Waals surface area contributed by atoms with E-state index in [4.69, 9.17) is 0 Å². The van der Waals surface area contributed by atoms with Crippen LogP contribution >= 0.6 is 12.0 Å². The Morgan fingerprint density at radius 1 is 1.45 bits per heavy atom. The van der Waals surface area contributed by atoms with Gasteiger partial charge in [0.1, 0.15) is 11.4 Å². The van der Waals surface area contributed by atoms with E-state index in [1.807, 2.05) is 20.8 Å². The number of rotatable bonds is 6. The number of carbonyl (C=O) groups is 2. The van der Waals surface area contributed by atoms with E-state index in [1.54, 1.807) is 4.90 Å². The molecule has 20 heavy (non-hydrogen) atoms. The number of hydrogen-bond donors (Lipinski definition) is 2. The van der Waals surface area contributed by atoms with Crippen molar-refractivity contribution < 1.29 is 14.1 Å². The van der Waals surface area contributed by atoms with Crippen LogP contribution in [0.3, 0.4) is 0 Å². The molecule has 1 saturated heterocycles. The van der Waals surface area contributed by atoms with Gasteiger partial charge in [0.25, 0.3) is 0 Å². The maximum atomic E-state index is 12.8. The molecule has 0 aromatic rings. The zero-order valence-corrected chi connectivity index (χ0v) is 13.6. The Balaban J connectivity index is 2.98. The minimum absolute atomic E-state index is 0.0737. The molecule has 116 valence electrons. The van der Waals surface area contributed by atoms with E-state index in [1.165, 1.54) is 6.92 Å². The fourth-order valence-corrected chi connectivity index (χ4v) is 3.25. The first kappa shape index (κ1) is 17.3. The van der Waals surface area contributed by atoms with E-state index in [2.05, 4.69) is 5.32 Å². The van der Waals surface area contributed by atoms with Gasteiger partial charge in [0, 0.05) is 25.5 Å². The third-order valence-electron chi connectivity index (χ3n) is 4.51. The van der Waals surface area contributed by atoms with Crippen LogP contribution in [0.2, 0.25) is 0 Å². The number of carbonyl (C=O) groups excluding carboxylic acids is 2. The fraction of sp³-hybridized carbons (Fsp3) is 0.857. The van der Waals surface area contributed by atoms with Crippen LogP contribution in [0.4, 0.5) is 0 Å². The standard InChI is InChI=1S/C14H26N2O3S/c1-5-14(4,6-2)12(15-10(3)17)13(18)16-9-7-8-11(16)20-19/h11-12,19H,5-9H2,1-4H3,(H,15,17)/t11-,12-/m1/s1. The molecule has 5 nitrogen and oxygen atoms in total. The normalized spacial score (nSPS) is 20.9. The molecule has 0 unspecified atom stereocenters. The molecule has 0 radical (unpaired) electrons. The lowest BCUT2D eigenvalue weighted by Crippen LogP contribution is -2.56. The summed E-state index contributed by atoms with van der Waals surface area (Å²) in [7, 11) is 0. The third-order valence-corrected chi connectivity index (χ3v) is 5.24. The first-order valence-electron chi connectivity index (χ1n) is 7.27. The summed E-state index contributed by atoms with van der Waals surface area (Å²) in [5, 5.41) is 2.64. The highest BCUT2D eigenvalue weighted by Crippen LogP contribution is 2.34. The second-order valence-electron chi connectivity index (χ2n) is 5.73. The number of likely N-dealkylation sites (tertiary alicyclic amines) is 1. The van der Waals surface area contributed by atoms with Gasteiger partial charge in [-0.05, 0) is 31.1 Å². The maximum absolute atomic E-state index is 12.8. The summed E-state index contributed by atoms with van der Waals surface area (Å²) in [6.45, 7) is 8.19. The molecule has 2 atom stereocenters. The molecule has 1 aliphatic rings. The minimum Gasteiger partial charge on any atom is -0.344 e. The molecule has 2 N–H and O–H groups in total. The summed E-state index contributed by atoms with van der Waals surface area (Å²) in [6, 6.07) is -0.525. The highest BCUT2D eigenvalue weighted by atomic mass is 32.2. The Bertz CT molecular complexity index is 358. The molecule has 1 rings (SSSR count). The molecule has 2 amide bonds. The van der Waals surface area contributed by atoms with Gasteiger partial charge in [-0.3, -0.25) is 9.59 Å². The van der Waals surface area contributed by atoms with Crippen LogP contribution in [0.5, 0.6) is 0 Å². The van der Waals surface area contributed by atoms with Gasteiger partial charge in [0.15, 0.2) is 0 Å². The summed E-state index contributed by atoms with van der Waals surface area (Å²) >= 11 is 0.723. The van der Waals surface area contributed by atoms with Crippen LogP contribution in [0.25, 0.3) is 0 Å². The van der Waals surface area contributed by atoms with Gasteiger partial charge in [0.05, 0.1) is 0 Å². The van der Waals surface area contributed by atoms with Crippen LogP contribution in [-0.4, -0.2) is 39.2 Å². The lowest BCUT2D eigenvalue weighted by molar-refractivity contribution is -0.139. The highest BCUT2D eigenvalue weighted by molar-refractivity contribution is 7.94. The number of hydrogen-bond acceptors (Lipinski definition) is 4. The van der Waals surface area contributed by atoms with Crippen molar-refractivity contribution in [1.82, 2.24) is 10.2 Å². The van der Waals surface area contributed by atoms with Crippen molar-refractivity contribution in [2.24, 2.45) is 5.41 Å². The number of nitrogens with one attached hydrogen (secondary N) is 1. The molecule has 1 aliphatic heterocycles. The predicted octanol–water partition coefficient (Wildman–Crippen LogP) is 2.47. The molecule has 1 heterocycles. The van der Waals surface area contributed by atoms with Crippen molar-refractivity contribution in [3.8, 4) is 0 Å². The summed E-state index contributed by atoms with van der Waals surface area (Å²) in [6.07, 6.45) is 3.32. The topological polar surface area (TPSA) is 69.6 Å². The highest BCUT2D eigenvalue weighted by Gasteiger charge is 2.42. The molecule has 0 aromatic carbocycles. The molecule has 0 bridgehead atoms. The van der Waals surface area contributed by atoms with Gasteiger partial charge in [0.2, 0.25) is 11.8 Å². The van der Waals surface area contributed by atoms with Crippen LogP contribution in [0.15, 0.2) is 0 Å². The molecule has 0 spiro atoms. The molecular weight excluding hydrogens is 276 g/mol. The van der Waals surface area contributed by atoms with Crippen LogP contribution in [0, 0.1) is 5.41 Å². The molecule has 6 heteroatoms. The Morgan fingerprint density at radius 2 is 2.05 bits per heavy atom. The minimum atomic E-state index is -0.525. The lowest BCUT2D eigenvalue weighted by atomic mass is 9.76. The smallest absolute Gasteiger partial charge is 0.246 e. The van der Waals surface area contributed by atoms with Gasteiger partial charge in [-0.15, -0.1) is 0 Å². The molecule has 0 aromatic heterocycles. The molecule has 0 saturated carbocycles. The average molecular weight is 302 g/mol. The first-order valence-corrected chi connectivity index (χ1v) is 8.11. The lowest BCUT2D eigenvalue weighted by Gasteiger charge is -2.38. The van der Waals surface area contributed by atoms with Crippen molar-refractivity contribution in [1.29, 1.82) is 0 Å². The second kappa shape index (κ2) is 7.31. The third kappa shape index (κ3) is 3.67. The van der Waals surface area contributed by atoms with Crippen molar-refractivity contribution >= 4 is 23.9 Å². The maximum Gasteiger partial charge on any atom is 0.246 e. The number of amides is 2. The van der Waals surface area contributed by atoms with Crippen LogP contribution in [-0.2, 0) is 9.59 Å². The predicted molar refractivity (Wildman–Crippen MR) is 81.2 cm³/mol. The summed E-state index contributed by atoms with van der Waals surface area (Å²) < 4.78 is 9.30. The monoisotopic (exact) mass is 302 g/mol. The van der Waals surface area contributed by atoms with E-state index < -0.39 is 6.04 Å². The van der Waals surface area contributed by atoms with E-state index in [9.17, 15) is 14.1 Å². The fourth-order valence-electron chi connectivity index (χ4n) is 2.66. The molecule has 0 aliphatic carbocycles. The van der Waals surface area contributed by atoms with Gasteiger partial charge in [-0.2, -0.15) is 0 Å². The Kier molecular flexibility index (Phi) is 6.33. The summed E-state index contributed by atoms with van der Waals surface area (Å²) in [4.78, 5) is 26.0. The largest absolute Gasteiger partial charge is 0.344 e. The quantitative estimate of drug-likeness (QED) is 0.740. The van der Waals surface area contributed by atoms with Gasteiger partial charge >= 0.3 is 0 Å². The van der Waals surface area contributed by atoms with Crippen LogP contribution in [0.1, 0.15) is 53.4 Å². The van der Waals surface area contributed by atoms with Crippen molar-refractivity contribution in [3.63, 3.8) is 0 Å². The van der Waals surface area contributed by atoms with Gasteiger partial charge in [-0.1, -0.05) is 20.8 Å².